The van der Waals surface area contributed by atoms with Gasteiger partial charge in [-0.1, -0.05) is 69.3 Å². The summed E-state index contributed by atoms with van der Waals surface area (Å²) in [5.74, 6) is 2.54. The van der Waals surface area contributed by atoms with E-state index in [1.54, 1.807) is 0 Å². The first-order valence-electron chi connectivity index (χ1n) is 22.6. The number of benzene rings is 3. The van der Waals surface area contributed by atoms with E-state index in [-0.39, 0.29) is 53.2 Å². The Bertz CT molecular complexity index is 2670. The van der Waals surface area contributed by atoms with Crippen LogP contribution in [0.4, 0.5) is 9.59 Å². The normalized spacial score (nSPS) is 28.3. The zero-order valence-electron chi connectivity index (χ0n) is 36.7. The van der Waals surface area contributed by atoms with Gasteiger partial charge in [0.05, 0.1) is 50.1 Å². The van der Waals surface area contributed by atoms with Gasteiger partial charge in [0.25, 0.3) is 0 Å². The number of aromatic nitrogens is 4. The fraction of sp³-hybridized carbons (Fsp3) is 0.469. The zero-order valence-corrected chi connectivity index (χ0v) is 36.7. The smallest absolute Gasteiger partial charge is 0.407 e. The lowest BCUT2D eigenvalue weighted by Crippen LogP contribution is -2.54. The molecule has 2 bridgehead atoms. The largest absolute Gasteiger partial charge is 0.453 e. The molecular weight excluding hydrogens is 813 g/mol. The molecule has 15 nitrogen and oxygen atoms in total. The summed E-state index contributed by atoms with van der Waals surface area (Å²) in [4.78, 5) is 73.5. The number of amides is 4. The lowest BCUT2D eigenvalue weighted by Gasteiger charge is -2.35. The number of alkyl carbamates (subject to hydrolysis) is 2. The van der Waals surface area contributed by atoms with Gasteiger partial charge >= 0.3 is 12.2 Å². The Hall–Kier alpha value is -6.22. The monoisotopic (exact) mass is 866 g/mol. The molecule has 4 saturated heterocycles. The third-order valence-electron chi connectivity index (χ3n) is 15.5. The van der Waals surface area contributed by atoms with Gasteiger partial charge in [-0.25, -0.2) is 19.6 Å². The zero-order chi connectivity index (χ0) is 44.2. The number of H-pyrrole nitrogens is 2. The van der Waals surface area contributed by atoms with E-state index in [1.165, 1.54) is 14.2 Å². The highest BCUT2D eigenvalue weighted by Gasteiger charge is 2.94. The first kappa shape index (κ1) is 40.5. The number of nitrogens with zero attached hydrogens (tertiary/aromatic N) is 4. The maximum atomic E-state index is 14.3. The van der Waals surface area contributed by atoms with E-state index in [1.807, 2.05) is 36.0 Å². The summed E-state index contributed by atoms with van der Waals surface area (Å²) in [5.41, 5.74) is 6.09. The number of likely N-dealkylation sites (tertiary alicyclic amines) is 1. The highest BCUT2D eigenvalue weighted by Crippen LogP contribution is 2.90. The molecule has 6 heterocycles. The molecule has 0 radical (unpaired) electrons. The minimum atomic E-state index is -0.680. The molecule has 3 saturated carbocycles. The van der Waals surface area contributed by atoms with Gasteiger partial charge in [-0.05, 0) is 100 Å². The third-order valence-corrected chi connectivity index (χ3v) is 15.5. The van der Waals surface area contributed by atoms with Gasteiger partial charge in [-0.2, -0.15) is 0 Å². The standard InChI is InChI=1S/C49H54N8O7/c1-24(2)39(54-47(60)62-4)45(58)57-41(37-38-42(57)49(37,38)3)44-51-22-33(53-44)26-8-6-25(7-9-26)28-10-11-30-19-31(13-12-29(30)18-28)34-23-50-43(52-34)36-21-32-20-35(32)56(36)46(59)40(55-48(61)63-5)27-14-16-64-17-15-27/h6-13,18-19,22-24,27,32,35-42H,14-17,20-21H2,1-5H3,(H,50,52)(H,51,53)(H,54,60)(H,55,61)/t32-,35-,36+,37?,38-,39+,40+,41+,42+,49-/m1/s1. The number of nitrogens with one attached hydrogen (secondary N) is 4. The molecule has 64 heavy (non-hydrogen) atoms. The van der Waals surface area contributed by atoms with Crippen molar-refractivity contribution in [2.24, 2.45) is 35.0 Å². The highest BCUT2D eigenvalue weighted by molar-refractivity contribution is 5.91. The molecule has 4 amide bonds. The Kier molecular flexibility index (Phi) is 9.64. The van der Waals surface area contributed by atoms with Crippen LogP contribution >= 0.6 is 0 Å². The number of methoxy groups -OCH3 is 2. The molecule has 2 aromatic heterocycles. The predicted molar refractivity (Wildman–Crippen MR) is 236 cm³/mol. The van der Waals surface area contributed by atoms with Gasteiger partial charge in [-0.3, -0.25) is 9.59 Å². The molecule has 12 rings (SSSR count). The van der Waals surface area contributed by atoms with E-state index in [0.717, 1.165) is 68.9 Å². The summed E-state index contributed by atoms with van der Waals surface area (Å²) >= 11 is 0. The molecule has 7 fully saturated rings. The minimum Gasteiger partial charge on any atom is -0.453 e. The van der Waals surface area contributed by atoms with Crippen molar-refractivity contribution in [2.45, 2.75) is 82.7 Å². The van der Waals surface area contributed by atoms with Crippen molar-refractivity contribution in [3.63, 3.8) is 0 Å². The Morgan fingerprint density at radius 1 is 0.750 bits per heavy atom. The molecule has 5 aromatic rings. The SMILES string of the molecule is COC(=O)N[C@H](C(=O)N1[C@H](c2ncc(-c3ccc(-c4ccc5cc(-c6cnc([C@@H]7C[C@H]8C[C@H]8N7C(=O)[C@@H](NC(=O)OC)C7CCOCC7)[nH]6)ccc5c4)cc3)[nH]2)C2[C@@H]3[C@H]1[C@]23C)C(C)C. The van der Waals surface area contributed by atoms with Crippen LogP contribution in [-0.2, 0) is 23.8 Å². The summed E-state index contributed by atoms with van der Waals surface area (Å²) in [5, 5.41) is 7.83. The van der Waals surface area contributed by atoms with Crippen LogP contribution in [0.15, 0.2) is 73.1 Å². The van der Waals surface area contributed by atoms with E-state index in [4.69, 9.17) is 24.2 Å². The number of rotatable bonds is 11. The summed E-state index contributed by atoms with van der Waals surface area (Å²) in [6.07, 6.45) is 5.71. The lowest BCUT2D eigenvalue weighted by molar-refractivity contribution is -0.138. The van der Waals surface area contributed by atoms with Crippen LogP contribution in [0.25, 0.3) is 44.4 Å². The van der Waals surface area contributed by atoms with Crippen LogP contribution in [0, 0.1) is 35.0 Å². The molecule has 7 aliphatic rings. The quantitative estimate of drug-likeness (QED) is 0.109. The predicted octanol–water partition coefficient (Wildman–Crippen LogP) is 7.00. The second-order valence-electron chi connectivity index (χ2n) is 19.3. The van der Waals surface area contributed by atoms with Crippen LogP contribution in [-0.4, -0.2) is 105 Å². The van der Waals surface area contributed by atoms with E-state index in [2.05, 4.69) is 88.2 Å². The van der Waals surface area contributed by atoms with Crippen LogP contribution < -0.4 is 10.6 Å². The lowest BCUT2D eigenvalue weighted by atomic mass is 9.90. The summed E-state index contributed by atoms with van der Waals surface area (Å²) in [6, 6.07) is 19.9. The molecule has 332 valence electrons. The van der Waals surface area contributed by atoms with Crippen molar-refractivity contribution < 1.29 is 33.4 Å². The molecule has 15 heteroatoms. The van der Waals surface area contributed by atoms with Crippen molar-refractivity contribution in [1.29, 1.82) is 0 Å². The number of carbonyl (C=O) groups excluding carboxylic acids is 4. The Morgan fingerprint density at radius 3 is 2.03 bits per heavy atom. The second kappa shape index (κ2) is 15.2. The van der Waals surface area contributed by atoms with Gasteiger partial charge in [0.15, 0.2) is 0 Å². The average Bonchev–Trinajstić information content (AvgIpc) is 3.93. The third kappa shape index (κ3) is 6.56. The fourth-order valence-electron chi connectivity index (χ4n) is 11.7. The van der Waals surface area contributed by atoms with Gasteiger partial charge in [-0.15, -0.1) is 0 Å². The highest BCUT2D eigenvalue weighted by atomic mass is 16.5. The molecule has 4 N–H and O–H groups in total. The Labute approximate surface area is 371 Å². The molecule has 3 aliphatic carbocycles. The molecular formula is C49H54N8O7. The van der Waals surface area contributed by atoms with Crippen LogP contribution in [0.2, 0.25) is 0 Å². The molecule has 10 atom stereocenters. The van der Waals surface area contributed by atoms with Gasteiger partial charge in [0.1, 0.15) is 23.7 Å². The maximum absolute atomic E-state index is 14.3. The van der Waals surface area contributed by atoms with Gasteiger partial charge in [0, 0.05) is 30.9 Å². The van der Waals surface area contributed by atoms with Crippen molar-refractivity contribution in [1.82, 2.24) is 40.4 Å². The molecule has 3 aromatic carbocycles. The second-order valence-corrected chi connectivity index (χ2v) is 19.3. The number of fused-ring (bicyclic) bond motifs is 3. The van der Waals surface area contributed by atoms with Crippen molar-refractivity contribution in [2.75, 3.05) is 27.4 Å². The molecule has 4 aliphatic heterocycles. The van der Waals surface area contributed by atoms with Gasteiger partial charge < -0.3 is 44.6 Å². The first-order chi connectivity index (χ1) is 31.0. The molecule has 1 unspecified atom stereocenters. The number of carbonyl (C=O) groups is 4. The maximum Gasteiger partial charge on any atom is 0.407 e. The molecule has 0 spiro atoms. The Balaban J connectivity index is 0.778. The first-order valence-corrected chi connectivity index (χ1v) is 22.6. The van der Waals surface area contributed by atoms with Crippen LogP contribution in [0.5, 0.6) is 0 Å². The Morgan fingerprint density at radius 2 is 1.34 bits per heavy atom. The van der Waals surface area contributed by atoms with E-state index in [0.29, 0.717) is 43.8 Å². The summed E-state index contributed by atoms with van der Waals surface area (Å²) in [6.45, 7) is 7.25. The van der Waals surface area contributed by atoms with E-state index < -0.39 is 24.3 Å². The fourth-order valence-corrected chi connectivity index (χ4v) is 11.7. The van der Waals surface area contributed by atoms with Crippen molar-refractivity contribution in [3.05, 3.63) is 84.7 Å². The number of aromatic amines is 2. The van der Waals surface area contributed by atoms with E-state index in [9.17, 15) is 19.2 Å². The summed E-state index contributed by atoms with van der Waals surface area (Å²) in [7, 11) is 2.63. The number of ether oxygens (including phenoxy) is 3. The van der Waals surface area contributed by atoms with Gasteiger partial charge in [0.2, 0.25) is 11.8 Å². The minimum absolute atomic E-state index is 0.0209. The summed E-state index contributed by atoms with van der Waals surface area (Å²) < 4.78 is 15.3. The average molecular weight is 867 g/mol. The van der Waals surface area contributed by atoms with E-state index >= 15 is 0 Å². The van der Waals surface area contributed by atoms with Crippen LogP contribution in [0.3, 0.4) is 0 Å². The van der Waals surface area contributed by atoms with Crippen LogP contribution in [0.1, 0.15) is 70.2 Å². The van der Waals surface area contributed by atoms with Crippen molar-refractivity contribution in [3.8, 4) is 33.6 Å². The number of hydrogen-bond acceptors (Lipinski definition) is 9. The van der Waals surface area contributed by atoms with Crippen molar-refractivity contribution >= 4 is 34.8 Å². The number of imidazole rings is 2. The number of hydrogen-bond donors (Lipinski definition) is 4. The number of piperidine rings is 2. The topological polar surface area (TPSA) is 184 Å².